The van der Waals surface area contributed by atoms with E-state index >= 15 is 0 Å². The molecular weight excluding hydrogens is 367 g/mol. The molecular formula is C14H19AsN2O6. The average molecular weight is 386 g/mol. The summed E-state index contributed by atoms with van der Waals surface area (Å²) < 4.78 is 33.6. The van der Waals surface area contributed by atoms with Gasteiger partial charge >= 0.3 is 94.8 Å². The third kappa shape index (κ3) is 5.59. The molecule has 8 nitrogen and oxygen atoms in total. The molecule has 0 aliphatic rings. The van der Waals surface area contributed by atoms with Crippen molar-refractivity contribution >= 4 is 30.1 Å². The first kappa shape index (κ1) is 19.0. The fourth-order valence-corrected chi connectivity index (χ4v) is 2.80. The van der Waals surface area contributed by atoms with Gasteiger partial charge in [-0.3, -0.25) is 0 Å². The monoisotopic (exact) mass is 386 g/mol. The Morgan fingerprint density at radius 2 is 1.87 bits per heavy atom. The third-order valence-electron chi connectivity index (χ3n) is 2.87. The molecule has 1 aromatic heterocycles. The first-order chi connectivity index (χ1) is 10.5. The van der Waals surface area contributed by atoms with Crippen molar-refractivity contribution in [2.24, 2.45) is 0 Å². The normalized spacial score (nSPS) is 10.7. The minimum Gasteiger partial charge on any atom is -0.361 e. The van der Waals surface area contributed by atoms with Crippen molar-refractivity contribution in [3.05, 3.63) is 35.7 Å². The Balaban J connectivity index is 0.000000313. The second-order valence-electron chi connectivity index (χ2n) is 4.87. The number of rotatable bonds is 2. The van der Waals surface area contributed by atoms with E-state index in [2.05, 4.69) is 5.16 Å². The molecule has 0 saturated carbocycles. The molecule has 1 aromatic carbocycles. The van der Waals surface area contributed by atoms with Crippen LogP contribution in [0.1, 0.15) is 18.4 Å². The number of anilines is 1. The third-order valence-corrected chi connectivity index (χ3v) is 4.87. The van der Waals surface area contributed by atoms with Gasteiger partial charge < -0.3 is 4.52 Å². The number of aromatic nitrogens is 1. The number of carbonyl (C=O) groups excluding carboxylic acids is 1. The van der Waals surface area contributed by atoms with Gasteiger partial charge in [-0.2, -0.15) is 0 Å². The van der Waals surface area contributed by atoms with Gasteiger partial charge in [0.1, 0.15) is 5.76 Å². The number of aromatic hydroxyl groups is 1. The predicted octanol–water partition coefficient (Wildman–Crippen LogP) is 0.227. The summed E-state index contributed by atoms with van der Waals surface area (Å²) in [6.07, 6.45) is 0. The Morgan fingerprint density at radius 3 is 2.22 bits per heavy atom. The molecule has 23 heavy (non-hydrogen) atoms. The summed E-state index contributed by atoms with van der Waals surface area (Å²) in [6, 6.07) is 5.31. The van der Waals surface area contributed by atoms with Crippen molar-refractivity contribution in [3.8, 4) is 5.75 Å². The number of carbonyl (C=O) groups is 1. The number of benzene rings is 1. The Kier molecular flexibility index (Phi) is 6.20. The van der Waals surface area contributed by atoms with Crippen molar-refractivity contribution < 1.29 is 26.4 Å². The topological polar surface area (TPSA) is 124 Å². The Labute approximate surface area is 136 Å². The number of amides is 1. The quantitative estimate of drug-likeness (QED) is 0.631. The second kappa shape index (κ2) is 7.50. The zero-order chi connectivity index (χ0) is 17.8. The molecule has 0 radical (unpaired) electrons. The molecule has 3 N–H and O–H groups in total. The first-order valence-corrected chi connectivity index (χ1v) is 9.94. The number of hydrogen-bond acceptors (Lipinski definition) is 5. The number of hydrogen-bond donors (Lipinski definition) is 3. The zero-order valence-corrected chi connectivity index (χ0v) is 15.1. The van der Waals surface area contributed by atoms with E-state index < -0.39 is 14.2 Å². The summed E-state index contributed by atoms with van der Waals surface area (Å²) >= 11 is -5.00. The summed E-state index contributed by atoms with van der Waals surface area (Å²) in [7, 11) is 1.41. The van der Waals surface area contributed by atoms with Gasteiger partial charge in [0.2, 0.25) is 0 Å². The standard InChI is InChI=1S/C9H12AsNO5.C5H7NO/c1-6(12)11(2)8-5-7(10(14,15)16)3-4-9(8)13;1-4-3-5(2)7-6-4/h3-5,13H,1-2H3,(H2,14,15,16);3H,1-2H3. The van der Waals surface area contributed by atoms with E-state index in [-0.39, 0.29) is 21.7 Å². The van der Waals surface area contributed by atoms with E-state index in [9.17, 15) is 13.6 Å². The Hall–Kier alpha value is -2.02. The molecule has 0 saturated heterocycles. The molecule has 126 valence electrons. The van der Waals surface area contributed by atoms with Crippen LogP contribution in [0.25, 0.3) is 0 Å². The smallest absolute Gasteiger partial charge is 0.133 e. The fraction of sp³-hybridized carbons (Fsp3) is 0.286. The van der Waals surface area contributed by atoms with Crippen LogP contribution in [-0.2, 0) is 8.53 Å². The van der Waals surface area contributed by atoms with E-state index in [4.69, 9.17) is 12.7 Å². The maximum absolute atomic E-state index is 11.1. The SMILES string of the molecule is CC(=O)N(C)c1cc([As](=O)(O)O)ccc1O.Cc1cc(C)on1. The van der Waals surface area contributed by atoms with Crippen LogP contribution in [0.4, 0.5) is 5.69 Å². The van der Waals surface area contributed by atoms with Crippen LogP contribution in [0.3, 0.4) is 0 Å². The molecule has 0 bridgehead atoms. The maximum atomic E-state index is 11.1. The van der Waals surface area contributed by atoms with E-state index in [0.717, 1.165) is 34.6 Å². The van der Waals surface area contributed by atoms with Crippen LogP contribution in [0, 0.1) is 13.8 Å². The van der Waals surface area contributed by atoms with Crippen LogP contribution >= 0.6 is 0 Å². The van der Waals surface area contributed by atoms with Crippen LogP contribution in [0.15, 0.2) is 28.8 Å². The van der Waals surface area contributed by atoms with Crippen molar-refractivity contribution in [1.29, 1.82) is 0 Å². The van der Waals surface area contributed by atoms with Gasteiger partial charge in [-0.05, 0) is 13.8 Å². The molecule has 1 amide bonds. The summed E-state index contributed by atoms with van der Waals surface area (Å²) in [5.41, 5.74) is 1.02. The molecule has 1 heterocycles. The summed E-state index contributed by atoms with van der Waals surface area (Å²) in [4.78, 5) is 12.2. The number of nitrogens with zero attached hydrogens (tertiary/aromatic N) is 2. The van der Waals surface area contributed by atoms with Gasteiger partial charge in [0.25, 0.3) is 0 Å². The van der Waals surface area contributed by atoms with E-state index in [1.165, 1.54) is 14.0 Å². The largest absolute Gasteiger partial charge is 0.361 e. The summed E-state index contributed by atoms with van der Waals surface area (Å²) in [5, 5.41) is 13.1. The van der Waals surface area contributed by atoms with Gasteiger partial charge in [-0.15, -0.1) is 0 Å². The fourth-order valence-electron chi connectivity index (χ4n) is 1.62. The minimum absolute atomic E-state index is 0.0785. The van der Waals surface area contributed by atoms with Crippen LogP contribution in [0.2, 0.25) is 0 Å². The molecule has 9 heteroatoms. The van der Waals surface area contributed by atoms with Gasteiger partial charge in [0, 0.05) is 6.07 Å². The van der Waals surface area contributed by atoms with Crippen LogP contribution < -0.4 is 9.25 Å². The minimum atomic E-state index is -5.00. The van der Waals surface area contributed by atoms with Gasteiger partial charge in [0.05, 0.1) is 5.69 Å². The summed E-state index contributed by atoms with van der Waals surface area (Å²) in [5.74, 6) is 0.327. The van der Waals surface area contributed by atoms with Crippen LogP contribution in [-0.4, -0.2) is 45.6 Å². The van der Waals surface area contributed by atoms with Crippen LogP contribution in [0.5, 0.6) is 5.75 Å². The van der Waals surface area contributed by atoms with E-state index in [0.29, 0.717) is 0 Å². The van der Waals surface area contributed by atoms with E-state index in [1.54, 1.807) is 0 Å². The van der Waals surface area contributed by atoms with Gasteiger partial charge in [-0.25, -0.2) is 0 Å². The molecule has 0 unspecified atom stereocenters. The second-order valence-corrected chi connectivity index (χ2v) is 8.24. The van der Waals surface area contributed by atoms with Crippen molar-refractivity contribution in [2.75, 3.05) is 11.9 Å². The number of aryl methyl sites for hydroxylation is 2. The van der Waals surface area contributed by atoms with Crippen molar-refractivity contribution in [1.82, 2.24) is 5.16 Å². The predicted molar refractivity (Wildman–Crippen MR) is 83.7 cm³/mol. The number of phenolic OH excluding ortho intramolecular Hbond substituents is 1. The summed E-state index contributed by atoms with van der Waals surface area (Å²) in [6.45, 7) is 5.06. The zero-order valence-electron chi connectivity index (χ0n) is 13.2. The number of phenols is 1. The van der Waals surface area contributed by atoms with Gasteiger partial charge in [-0.1, -0.05) is 5.16 Å². The maximum Gasteiger partial charge on any atom is 0.133 e. The molecule has 2 rings (SSSR count). The van der Waals surface area contributed by atoms with Gasteiger partial charge in [0.15, 0.2) is 0 Å². The van der Waals surface area contributed by atoms with Crippen molar-refractivity contribution in [3.63, 3.8) is 0 Å². The first-order valence-electron chi connectivity index (χ1n) is 6.55. The molecule has 0 atom stereocenters. The Bertz CT molecular complexity index is 720. The van der Waals surface area contributed by atoms with E-state index in [1.807, 2.05) is 19.9 Å². The average Bonchev–Trinajstić information content (AvgIpc) is 2.81. The molecule has 0 spiro atoms. The molecule has 0 fully saturated rings. The molecule has 0 aliphatic heterocycles. The van der Waals surface area contributed by atoms with Crippen molar-refractivity contribution in [2.45, 2.75) is 20.8 Å². The molecule has 2 aromatic rings. The molecule has 0 aliphatic carbocycles. The Morgan fingerprint density at radius 1 is 1.26 bits per heavy atom.